The number of ether oxygens (including phenoxy) is 1. The molecule has 0 saturated carbocycles. The molecule has 0 aromatic heterocycles. The van der Waals surface area contributed by atoms with Gasteiger partial charge in [0, 0.05) is 36.3 Å². The molecule has 1 atom stereocenters. The lowest BCUT2D eigenvalue weighted by atomic mass is 10.1. The molecule has 0 aliphatic carbocycles. The van der Waals surface area contributed by atoms with Gasteiger partial charge in [-0.1, -0.05) is 46.3 Å². The predicted octanol–water partition coefficient (Wildman–Crippen LogP) is 3.70. The van der Waals surface area contributed by atoms with Gasteiger partial charge in [0.2, 0.25) is 15.9 Å². The number of nitrogens with one attached hydrogen (secondary N) is 1. The molecule has 1 N–H and O–H groups in total. The number of nitrogens with zero attached hydrogens (tertiary/aromatic N) is 2. The zero-order valence-electron chi connectivity index (χ0n) is 19.4. The standard InChI is InChI=1S/C26H28BrN3O4S/c1-34-23-11-9-22(10-12-23)29-15-17-30(18-16-29)26(31)25(19-20-5-3-2-4-6-20)28-35(32,33)24-13-7-21(27)8-14-24/h2-14,25,28H,15-19H2,1H3/t25-/m0/s1. The SMILES string of the molecule is COc1ccc(N2CCN(C(=O)[C@H](Cc3ccccc3)NS(=O)(=O)c3ccc(Br)cc3)CC2)cc1. The molecule has 1 saturated heterocycles. The molecule has 0 bridgehead atoms. The first-order valence-electron chi connectivity index (χ1n) is 11.4. The van der Waals surface area contributed by atoms with E-state index in [4.69, 9.17) is 4.74 Å². The maximum Gasteiger partial charge on any atom is 0.241 e. The number of piperazine rings is 1. The molecule has 0 spiro atoms. The smallest absolute Gasteiger partial charge is 0.241 e. The van der Waals surface area contributed by atoms with E-state index in [1.807, 2.05) is 54.6 Å². The van der Waals surface area contributed by atoms with Gasteiger partial charge in [0.1, 0.15) is 11.8 Å². The number of anilines is 1. The summed E-state index contributed by atoms with van der Waals surface area (Å²) in [6.07, 6.45) is 0.272. The van der Waals surface area contributed by atoms with Gasteiger partial charge in [0.05, 0.1) is 12.0 Å². The Balaban J connectivity index is 1.48. The topological polar surface area (TPSA) is 79.0 Å². The highest BCUT2D eigenvalue weighted by Crippen LogP contribution is 2.21. The second-order valence-electron chi connectivity index (χ2n) is 8.33. The van der Waals surface area contributed by atoms with Crippen LogP contribution in [0, 0.1) is 0 Å². The monoisotopic (exact) mass is 557 g/mol. The number of rotatable bonds is 8. The Morgan fingerprint density at radius 1 is 0.943 bits per heavy atom. The quantitative estimate of drug-likeness (QED) is 0.457. The normalized spacial score (nSPS) is 15.0. The predicted molar refractivity (Wildman–Crippen MR) is 140 cm³/mol. The molecule has 1 fully saturated rings. The summed E-state index contributed by atoms with van der Waals surface area (Å²) in [5.74, 6) is 0.577. The van der Waals surface area contributed by atoms with Crippen LogP contribution in [0.25, 0.3) is 0 Å². The third-order valence-corrected chi connectivity index (χ3v) is 8.05. The first-order chi connectivity index (χ1) is 16.9. The molecule has 7 nitrogen and oxygen atoms in total. The van der Waals surface area contributed by atoms with Gasteiger partial charge in [-0.3, -0.25) is 4.79 Å². The Kier molecular flexibility index (Phi) is 8.10. The second-order valence-corrected chi connectivity index (χ2v) is 11.0. The minimum absolute atomic E-state index is 0.121. The largest absolute Gasteiger partial charge is 0.497 e. The maximum absolute atomic E-state index is 13.5. The molecule has 4 rings (SSSR count). The Morgan fingerprint density at radius 3 is 2.17 bits per heavy atom. The molecular weight excluding hydrogens is 530 g/mol. The Bertz CT molecular complexity index is 1230. The second kappa shape index (κ2) is 11.2. The zero-order chi connectivity index (χ0) is 24.8. The van der Waals surface area contributed by atoms with Crippen molar-refractivity contribution in [1.82, 2.24) is 9.62 Å². The molecule has 1 amide bonds. The number of benzene rings is 3. The van der Waals surface area contributed by atoms with E-state index in [0.717, 1.165) is 21.5 Å². The highest BCUT2D eigenvalue weighted by Gasteiger charge is 2.31. The lowest BCUT2D eigenvalue weighted by Gasteiger charge is -2.37. The van der Waals surface area contributed by atoms with Crippen LogP contribution in [0.2, 0.25) is 0 Å². The number of halogens is 1. The number of carbonyl (C=O) groups excluding carboxylic acids is 1. The van der Waals surface area contributed by atoms with E-state index in [2.05, 4.69) is 25.6 Å². The van der Waals surface area contributed by atoms with E-state index >= 15 is 0 Å². The maximum atomic E-state index is 13.5. The molecule has 9 heteroatoms. The summed E-state index contributed by atoms with van der Waals surface area (Å²) in [6, 6.07) is 22.8. The Hall–Kier alpha value is -2.88. The summed E-state index contributed by atoms with van der Waals surface area (Å²) < 4.78 is 34.9. The van der Waals surface area contributed by atoms with Crippen molar-refractivity contribution in [2.75, 3.05) is 38.2 Å². The molecule has 3 aromatic carbocycles. The lowest BCUT2D eigenvalue weighted by molar-refractivity contribution is -0.133. The van der Waals surface area contributed by atoms with Crippen LogP contribution in [0.15, 0.2) is 88.2 Å². The molecule has 184 valence electrons. The van der Waals surface area contributed by atoms with E-state index < -0.39 is 16.1 Å². The van der Waals surface area contributed by atoms with Gasteiger partial charge < -0.3 is 14.5 Å². The van der Waals surface area contributed by atoms with Gasteiger partial charge in [0.25, 0.3) is 0 Å². The average molecular weight is 558 g/mol. The van der Waals surface area contributed by atoms with E-state index in [1.165, 1.54) is 12.1 Å². The number of sulfonamides is 1. The van der Waals surface area contributed by atoms with Crippen molar-refractivity contribution in [2.45, 2.75) is 17.4 Å². The molecule has 1 aliphatic rings. The van der Waals surface area contributed by atoms with Gasteiger partial charge in [-0.2, -0.15) is 4.72 Å². The van der Waals surface area contributed by atoms with E-state index in [-0.39, 0.29) is 17.2 Å². The van der Waals surface area contributed by atoms with Gasteiger partial charge in [-0.25, -0.2) is 8.42 Å². The number of amides is 1. The molecule has 0 radical (unpaired) electrons. The van der Waals surface area contributed by atoms with E-state index in [9.17, 15) is 13.2 Å². The van der Waals surface area contributed by atoms with Crippen molar-refractivity contribution in [2.24, 2.45) is 0 Å². The lowest BCUT2D eigenvalue weighted by Crippen LogP contribution is -2.55. The van der Waals surface area contributed by atoms with Crippen LogP contribution in [0.1, 0.15) is 5.56 Å². The molecular formula is C26H28BrN3O4S. The van der Waals surface area contributed by atoms with E-state index in [1.54, 1.807) is 24.1 Å². The summed E-state index contributed by atoms with van der Waals surface area (Å²) >= 11 is 3.33. The number of methoxy groups -OCH3 is 1. The Morgan fingerprint density at radius 2 is 1.57 bits per heavy atom. The summed E-state index contributed by atoms with van der Waals surface area (Å²) in [4.78, 5) is 17.6. The number of carbonyl (C=O) groups is 1. The fourth-order valence-electron chi connectivity index (χ4n) is 4.10. The van der Waals surface area contributed by atoms with Gasteiger partial charge >= 0.3 is 0 Å². The van der Waals surface area contributed by atoms with Crippen molar-refractivity contribution in [3.05, 3.63) is 88.9 Å². The minimum Gasteiger partial charge on any atom is -0.497 e. The van der Waals surface area contributed by atoms with Crippen molar-refractivity contribution in [3.8, 4) is 5.75 Å². The van der Waals surface area contributed by atoms with Crippen molar-refractivity contribution >= 4 is 37.5 Å². The molecule has 1 heterocycles. The first-order valence-corrected chi connectivity index (χ1v) is 13.6. The molecule has 35 heavy (non-hydrogen) atoms. The third kappa shape index (κ3) is 6.42. The van der Waals surface area contributed by atoms with Gasteiger partial charge in [0.15, 0.2) is 0 Å². The highest BCUT2D eigenvalue weighted by atomic mass is 79.9. The van der Waals surface area contributed by atoms with Gasteiger partial charge in [-0.15, -0.1) is 0 Å². The van der Waals surface area contributed by atoms with E-state index in [0.29, 0.717) is 26.2 Å². The fraction of sp³-hybridized carbons (Fsp3) is 0.269. The summed E-state index contributed by atoms with van der Waals surface area (Å²) in [6.45, 7) is 2.34. The molecule has 3 aromatic rings. The summed E-state index contributed by atoms with van der Waals surface area (Å²) in [5.41, 5.74) is 1.95. The molecule has 1 aliphatic heterocycles. The third-order valence-electron chi connectivity index (χ3n) is 6.03. The van der Waals surface area contributed by atoms with Crippen LogP contribution < -0.4 is 14.4 Å². The number of hydrogen-bond donors (Lipinski definition) is 1. The number of hydrogen-bond acceptors (Lipinski definition) is 5. The minimum atomic E-state index is -3.88. The van der Waals surface area contributed by atoms with Gasteiger partial charge in [-0.05, 0) is 60.5 Å². The highest BCUT2D eigenvalue weighted by molar-refractivity contribution is 9.10. The van der Waals surface area contributed by atoms with Crippen LogP contribution in [0.4, 0.5) is 5.69 Å². The van der Waals surface area contributed by atoms with Crippen molar-refractivity contribution in [1.29, 1.82) is 0 Å². The molecule has 0 unspecified atom stereocenters. The average Bonchev–Trinajstić information content (AvgIpc) is 2.89. The van der Waals surface area contributed by atoms with Crippen molar-refractivity contribution in [3.63, 3.8) is 0 Å². The summed E-state index contributed by atoms with van der Waals surface area (Å²) in [5, 5.41) is 0. The van der Waals surface area contributed by atoms with Crippen LogP contribution >= 0.6 is 15.9 Å². The van der Waals surface area contributed by atoms with Crippen molar-refractivity contribution < 1.29 is 17.9 Å². The van der Waals surface area contributed by atoms with Crippen LogP contribution in [-0.4, -0.2) is 58.6 Å². The zero-order valence-corrected chi connectivity index (χ0v) is 21.8. The van der Waals surface area contributed by atoms with Crippen LogP contribution in [0.3, 0.4) is 0 Å². The summed E-state index contributed by atoms with van der Waals surface area (Å²) in [7, 11) is -2.25. The first kappa shape index (κ1) is 25.2. The van der Waals surface area contributed by atoms with Crippen LogP contribution in [0.5, 0.6) is 5.75 Å². The fourth-order valence-corrected chi connectivity index (χ4v) is 5.55. The van der Waals surface area contributed by atoms with Crippen LogP contribution in [-0.2, 0) is 21.2 Å². The Labute approximate surface area is 214 Å².